The van der Waals surface area contributed by atoms with Crippen LogP contribution in [0.4, 0.5) is 0 Å². The Kier molecular flexibility index (Phi) is 5.44. The Balaban J connectivity index is 1.43. The lowest BCUT2D eigenvalue weighted by Crippen LogP contribution is -2.56. The van der Waals surface area contributed by atoms with Crippen LogP contribution in [-0.4, -0.2) is 36.5 Å². The number of halogens is 1. The second-order valence-corrected chi connectivity index (χ2v) is 9.70. The quantitative estimate of drug-likeness (QED) is 0.604. The average molecular weight is 445 g/mol. The van der Waals surface area contributed by atoms with Gasteiger partial charge in [-0.3, -0.25) is 4.79 Å². The van der Waals surface area contributed by atoms with E-state index in [9.17, 15) is 13.2 Å². The van der Waals surface area contributed by atoms with Crippen molar-refractivity contribution in [3.05, 3.63) is 81.7 Å². The summed E-state index contributed by atoms with van der Waals surface area (Å²) in [6.45, 7) is 2.30. The molecule has 30 heavy (non-hydrogen) atoms. The first-order valence-electron chi connectivity index (χ1n) is 9.44. The highest BCUT2D eigenvalue weighted by Gasteiger charge is 2.38. The highest BCUT2D eigenvalue weighted by atomic mass is 35.5. The molecule has 0 unspecified atom stereocenters. The minimum Gasteiger partial charge on any atom is -0.487 e. The molecule has 0 spiro atoms. The number of hydrogen-bond acceptors (Lipinski definition) is 4. The highest BCUT2D eigenvalue weighted by molar-refractivity contribution is 7.89. The Morgan fingerprint density at radius 3 is 2.33 bits per heavy atom. The Morgan fingerprint density at radius 2 is 1.70 bits per heavy atom. The van der Waals surface area contributed by atoms with E-state index in [-0.39, 0.29) is 29.6 Å². The molecular formula is C22H21ClN2O4S. The van der Waals surface area contributed by atoms with E-state index in [0.717, 1.165) is 16.8 Å². The lowest BCUT2D eigenvalue weighted by Gasteiger charge is -2.37. The number of pyridine rings is 1. The molecule has 0 N–H and O–H groups in total. The van der Waals surface area contributed by atoms with E-state index in [0.29, 0.717) is 10.8 Å². The van der Waals surface area contributed by atoms with E-state index in [4.69, 9.17) is 16.3 Å². The van der Waals surface area contributed by atoms with Gasteiger partial charge in [0, 0.05) is 23.8 Å². The molecule has 6 nitrogen and oxygen atoms in total. The van der Waals surface area contributed by atoms with Crippen molar-refractivity contribution >= 4 is 21.6 Å². The number of ether oxygens (including phenoxy) is 1. The summed E-state index contributed by atoms with van der Waals surface area (Å²) in [5, 5.41) is 0.627. The lowest BCUT2D eigenvalue weighted by molar-refractivity contribution is 0.0759. The number of aromatic nitrogens is 1. The molecular weight excluding hydrogens is 424 g/mol. The first kappa shape index (κ1) is 20.7. The summed E-state index contributed by atoms with van der Waals surface area (Å²) in [4.78, 5) is 12.1. The molecule has 1 aromatic heterocycles. The van der Waals surface area contributed by atoms with Gasteiger partial charge in [-0.25, -0.2) is 8.42 Å². The van der Waals surface area contributed by atoms with Crippen LogP contribution in [0.2, 0.25) is 5.02 Å². The maximum Gasteiger partial charge on any atom is 0.254 e. The van der Waals surface area contributed by atoms with Crippen LogP contribution in [0.5, 0.6) is 5.75 Å². The molecule has 2 aromatic carbocycles. The standard InChI is InChI=1S/C22H21ClN2O4S/c1-15-10-19(12-22(26)24(15)2)29-20-13-25(14-20)30(27,28)21-8-6-16(7-9-21)17-4-3-5-18(23)11-17/h3-12,20H,13-14H2,1-2H3. The van der Waals surface area contributed by atoms with E-state index in [1.165, 1.54) is 14.9 Å². The third-order valence-electron chi connectivity index (χ3n) is 5.24. The fraction of sp³-hybridized carbons (Fsp3) is 0.227. The van der Waals surface area contributed by atoms with Crippen LogP contribution in [-0.2, 0) is 17.1 Å². The zero-order valence-electron chi connectivity index (χ0n) is 16.6. The minimum absolute atomic E-state index is 0.159. The molecule has 1 saturated heterocycles. The summed E-state index contributed by atoms with van der Waals surface area (Å²) in [5.74, 6) is 0.462. The van der Waals surface area contributed by atoms with Gasteiger partial charge < -0.3 is 9.30 Å². The van der Waals surface area contributed by atoms with E-state index >= 15 is 0 Å². The van der Waals surface area contributed by atoms with Crippen LogP contribution < -0.4 is 10.3 Å². The van der Waals surface area contributed by atoms with Crippen molar-refractivity contribution in [2.24, 2.45) is 7.05 Å². The van der Waals surface area contributed by atoms with Crippen molar-refractivity contribution in [2.45, 2.75) is 17.9 Å². The monoisotopic (exact) mass is 444 g/mol. The average Bonchev–Trinajstić information content (AvgIpc) is 2.68. The van der Waals surface area contributed by atoms with Crippen molar-refractivity contribution < 1.29 is 13.2 Å². The summed E-state index contributed by atoms with van der Waals surface area (Å²) < 4.78 is 34.4. The highest BCUT2D eigenvalue weighted by Crippen LogP contribution is 2.28. The van der Waals surface area contributed by atoms with Crippen LogP contribution in [0, 0.1) is 6.92 Å². The van der Waals surface area contributed by atoms with Gasteiger partial charge in [0.2, 0.25) is 10.0 Å². The van der Waals surface area contributed by atoms with Crippen molar-refractivity contribution in [3.63, 3.8) is 0 Å². The SMILES string of the molecule is Cc1cc(OC2CN(S(=O)(=O)c3ccc(-c4cccc(Cl)c4)cc3)C2)cc(=O)n1C. The topological polar surface area (TPSA) is 68.6 Å². The van der Waals surface area contributed by atoms with E-state index in [2.05, 4.69) is 0 Å². The van der Waals surface area contributed by atoms with Gasteiger partial charge in [-0.1, -0.05) is 35.9 Å². The molecule has 0 amide bonds. The Hall–Kier alpha value is -2.61. The summed E-state index contributed by atoms with van der Waals surface area (Å²) in [6.07, 6.45) is -0.281. The largest absolute Gasteiger partial charge is 0.487 e. The van der Waals surface area contributed by atoms with Gasteiger partial charge in [-0.15, -0.1) is 0 Å². The van der Waals surface area contributed by atoms with Gasteiger partial charge in [0.05, 0.1) is 18.0 Å². The second kappa shape index (κ2) is 7.91. The molecule has 1 aliphatic heterocycles. The summed E-state index contributed by atoms with van der Waals surface area (Å²) in [6, 6.07) is 17.3. The molecule has 1 aliphatic rings. The fourth-order valence-electron chi connectivity index (χ4n) is 3.31. The van der Waals surface area contributed by atoms with Crippen molar-refractivity contribution in [1.82, 2.24) is 8.87 Å². The third-order valence-corrected chi connectivity index (χ3v) is 7.32. The molecule has 0 saturated carbocycles. The van der Waals surface area contributed by atoms with Crippen molar-refractivity contribution in [3.8, 4) is 16.9 Å². The van der Waals surface area contributed by atoms with Crippen LogP contribution in [0.1, 0.15) is 5.69 Å². The number of aryl methyl sites for hydroxylation is 1. The van der Waals surface area contributed by atoms with Gasteiger partial charge in [-0.2, -0.15) is 4.31 Å². The van der Waals surface area contributed by atoms with Crippen LogP contribution in [0.3, 0.4) is 0 Å². The Morgan fingerprint density at radius 1 is 1.00 bits per heavy atom. The van der Waals surface area contributed by atoms with Gasteiger partial charge >= 0.3 is 0 Å². The fourth-order valence-corrected chi connectivity index (χ4v) is 5.00. The van der Waals surface area contributed by atoms with Crippen molar-refractivity contribution in [2.75, 3.05) is 13.1 Å². The molecule has 8 heteroatoms. The minimum atomic E-state index is -3.60. The number of hydrogen-bond donors (Lipinski definition) is 0. The van der Waals surface area contributed by atoms with Crippen LogP contribution in [0.25, 0.3) is 11.1 Å². The smallest absolute Gasteiger partial charge is 0.254 e. The first-order chi connectivity index (χ1) is 14.2. The summed E-state index contributed by atoms with van der Waals surface area (Å²) >= 11 is 6.03. The second-order valence-electron chi connectivity index (χ2n) is 7.33. The van der Waals surface area contributed by atoms with E-state index in [1.807, 2.05) is 25.1 Å². The molecule has 2 heterocycles. The first-order valence-corrected chi connectivity index (χ1v) is 11.3. The maximum atomic E-state index is 12.9. The van der Waals surface area contributed by atoms with Gasteiger partial charge in [0.15, 0.2) is 0 Å². The van der Waals surface area contributed by atoms with E-state index in [1.54, 1.807) is 43.4 Å². The molecule has 3 aromatic rings. The normalized spacial score (nSPS) is 15.0. The summed E-state index contributed by atoms with van der Waals surface area (Å²) in [7, 11) is -1.90. The molecule has 0 bridgehead atoms. The number of nitrogens with zero attached hydrogens (tertiary/aromatic N) is 2. The van der Waals surface area contributed by atoms with Gasteiger partial charge in [0.25, 0.3) is 5.56 Å². The van der Waals surface area contributed by atoms with Crippen LogP contribution in [0.15, 0.2) is 70.4 Å². The van der Waals surface area contributed by atoms with Gasteiger partial charge in [-0.05, 0) is 48.4 Å². The number of benzene rings is 2. The summed E-state index contributed by atoms with van der Waals surface area (Å²) in [5.41, 5.74) is 2.44. The molecule has 0 aliphatic carbocycles. The molecule has 156 valence electrons. The number of sulfonamides is 1. The molecule has 0 atom stereocenters. The zero-order chi connectivity index (χ0) is 21.5. The van der Waals surface area contributed by atoms with Gasteiger partial charge in [0.1, 0.15) is 11.9 Å². The predicted molar refractivity (Wildman–Crippen MR) is 116 cm³/mol. The van der Waals surface area contributed by atoms with Crippen LogP contribution >= 0.6 is 11.6 Å². The molecule has 0 radical (unpaired) electrons. The zero-order valence-corrected chi connectivity index (χ0v) is 18.2. The van der Waals surface area contributed by atoms with E-state index < -0.39 is 10.0 Å². The Labute approximate surface area is 180 Å². The lowest BCUT2D eigenvalue weighted by atomic mass is 10.1. The predicted octanol–water partition coefficient (Wildman–Crippen LogP) is 3.47. The maximum absolute atomic E-state index is 12.9. The molecule has 1 fully saturated rings. The third kappa shape index (κ3) is 4.01. The number of rotatable bonds is 5. The van der Waals surface area contributed by atoms with Crippen molar-refractivity contribution in [1.29, 1.82) is 0 Å². The molecule has 4 rings (SSSR count). The Bertz CT molecular complexity index is 1250.